The van der Waals surface area contributed by atoms with E-state index in [1.54, 1.807) is 0 Å². The molecule has 1 aliphatic rings. The number of hydrogen-bond donors (Lipinski definition) is 0. The molecule has 38 heavy (non-hydrogen) atoms. The molecule has 0 N–H and O–H groups in total. The van der Waals surface area contributed by atoms with Crippen LogP contribution in [0.4, 0.5) is 0 Å². The van der Waals surface area contributed by atoms with E-state index in [9.17, 15) is 5.26 Å². The zero-order chi connectivity index (χ0) is 26.2. The van der Waals surface area contributed by atoms with Crippen LogP contribution in [0, 0.1) is 20.8 Å². The monoisotopic (exact) mass is 614 g/mol. The van der Waals surface area contributed by atoms with Crippen molar-refractivity contribution in [1.82, 2.24) is 14.9 Å². The molecule has 4 aromatic rings. The maximum Gasteiger partial charge on any atom is 0.261 e. The zero-order valence-corrected chi connectivity index (χ0v) is 23.0. The van der Waals surface area contributed by atoms with E-state index in [1.165, 1.54) is 9.90 Å². The Morgan fingerprint density at radius 3 is 2.16 bits per heavy atom. The Labute approximate surface area is 236 Å². The highest BCUT2D eigenvalue weighted by atomic mass is 127. The van der Waals surface area contributed by atoms with Gasteiger partial charge in [-0.15, -0.1) is 0 Å². The Morgan fingerprint density at radius 1 is 0.895 bits per heavy atom. The number of halogens is 1. The summed E-state index contributed by atoms with van der Waals surface area (Å²) < 4.78 is 13.6. The van der Waals surface area contributed by atoms with Gasteiger partial charge in [-0.25, -0.2) is 4.98 Å². The Balaban J connectivity index is 1.48. The fourth-order valence-corrected chi connectivity index (χ4v) is 4.60. The molecule has 0 aliphatic carbocycles. The molecule has 0 unspecified atom stereocenters. The van der Waals surface area contributed by atoms with E-state index in [0.717, 1.165) is 35.4 Å². The van der Waals surface area contributed by atoms with Crippen molar-refractivity contribution < 1.29 is 9.47 Å². The number of nitrogens with zero attached hydrogens (tertiary/aromatic N) is 4. The second-order valence-electron chi connectivity index (χ2n) is 9.14. The molecule has 190 valence electrons. The summed E-state index contributed by atoms with van der Waals surface area (Å²) in [6, 6.07) is 30.8. The van der Waals surface area contributed by atoms with Crippen LogP contribution in [0.5, 0.6) is 11.6 Å². The van der Waals surface area contributed by atoms with Crippen molar-refractivity contribution in [3.05, 3.63) is 117 Å². The number of rotatable bonds is 10. The maximum absolute atomic E-state index is 9.23. The van der Waals surface area contributed by atoms with Gasteiger partial charge in [-0.3, -0.25) is 4.90 Å². The summed E-state index contributed by atoms with van der Waals surface area (Å²) in [5.41, 5.74) is 4.94. The summed E-state index contributed by atoms with van der Waals surface area (Å²) in [7, 11) is 0. The summed E-state index contributed by atoms with van der Waals surface area (Å²) in [6.07, 6.45) is 3.57. The summed E-state index contributed by atoms with van der Waals surface area (Å²) >= 11 is 2.31. The molecule has 1 aromatic heterocycles. The van der Waals surface area contributed by atoms with Crippen molar-refractivity contribution in [2.45, 2.75) is 13.2 Å². The third-order valence-electron chi connectivity index (χ3n) is 6.30. The molecule has 1 aliphatic heterocycles. The molecule has 0 spiro atoms. The van der Waals surface area contributed by atoms with E-state index in [1.807, 2.05) is 60.7 Å². The smallest absolute Gasteiger partial charge is 0.261 e. The quantitative estimate of drug-likeness (QED) is 0.197. The molecule has 0 atom stereocenters. The van der Waals surface area contributed by atoms with Gasteiger partial charge in [0.2, 0.25) is 5.75 Å². The van der Waals surface area contributed by atoms with Gasteiger partial charge in [-0.05, 0) is 63.1 Å². The van der Waals surface area contributed by atoms with Gasteiger partial charge in [0.05, 0.1) is 12.0 Å². The van der Waals surface area contributed by atoms with Gasteiger partial charge in [-0.1, -0.05) is 72.8 Å². The normalized spacial score (nSPS) is 13.9. The molecule has 0 amide bonds. The summed E-state index contributed by atoms with van der Waals surface area (Å²) in [6.45, 7) is 2.98. The number of hydrogen-bond acceptors (Lipinski definition) is 6. The van der Waals surface area contributed by atoms with E-state index < -0.39 is 0 Å². The fourth-order valence-electron chi connectivity index (χ4n) is 4.24. The zero-order valence-electron chi connectivity index (χ0n) is 20.8. The number of ether oxygens (including phenoxy) is 2. The minimum atomic E-state index is 0.0924. The van der Waals surface area contributed by atoms with Crippen LogP contribution in [-0.4, -0.2) is 34.5 Å². The topological polar surface area (TPSA) is 71.3 Å². The van der Waals surface area contributed by atoms with Crippen LogP contribution < -0.4 is 9.47 Å². The summed E-state index contributed by atoms with van der Waals surface area (Å²) in [5.74, 6) is 1.00. The van der Waals surface area contributed by atoms with Crippen LogP contribution in [0.1, 0.15) is 22.4 Å². The molecule has 0 saturated carbocycles. The first-order valence-corrected chi connectivity index (χ1v) is 13.5. The Bertz CT molecular complexity index is 1410. The third kappa shape index (κ3) is 6.77. The number of nitriles is 1. The van der Waals surface area contributed by atoms with Crippen molar-refractivity contribution in [3.8, 4) is 17.7 Å². The van der Waals surface area contributed by atoms with Gasteiger partial charge in [0.25, 0.3) is 5.88 Å². The first kappa shape index (κ1) is 25.9. The lowest BCUT2D eigenvalue weighted by Gasteiger charge is -2.36. The second kappa shape index (κ2) is 12.7. The standard InChI is InChI=1S/C31H27IN4O2/c32-28-13-11-26(12-14-28)27(19-36-17-25(16-33)18-36)15-29-30(37-20-23-7-3-1-4-8-23)31(35-22-34-29)38-21-24-9-5-2-6-10-24/h1-15,22,25H,17-21H2/b27-15+. The molecule has 1 saturated heterocycles. The number of benzene rings is 3. The first-order chi connectivity index (χ1) is 18.7. The molecular formula is C31H27IN4O2. The largest absolute Gasteiger partial charge is 0.481 e. The van der Waals surface area contributed by atoms with E-state index in [2.05, 4.69) is 73.9 Å². The first-order valence-electron chi connectivity index (χ1n) is 12.4. The average molecular weight is 614 g/mol. The van der Waals surface area contributed by atoms with Crippen molar-refractivity contribution in [3.63, 3.8) is 0 Å². The van der Waals surface area contributed by atoms with Crippen LogP contribution in [0.25, 0.3) is 11.6 Å². The van der Waals surface area contributed by atoms with E-state index in [-0.39, 0.29) is 5.92 Å². The van der Waals surface area contributed by atoms with E-state index in [4.69, 9.17) is 9.47 Å². The predicted molar refractivity (Wildman–Crippen MR) is 156 cm³/mol. The van der Waals surface area contributed by atoms with E-state index >= 15 is 0 Å². The molecule has 7 heteroatoms. The van der Waals surface area contributed by atoms with Gasteiger partial charge in [0.15, 0.2) is 0 Å². The molecule has 3 aromatic carbocycles. The van der Waals surface area contributed by atoms with Crippen LogP contribution in [0.15, 0.2) is 91.3 Å². The van der Waals surface area contributed by atoms with Crippen molar-refractivity contribution >= 4 is 34.2 Å². The lowest BCUT2D eigenvalue weighted by atomic mass is 9.98. The van der Waals surface area contributed by atoms with Crippen LogP contribution >= 0.6 is 22.6 Å². The maximum atomic E-state index is 9.23. The average Bonchev–Trinajstić information content (AvgIpc) is 2.94. The van der Waals surface area contributed by atoms with Crippen molar-refractivity contribution in [1.29, 1.82) is 5.26 Å². The van der Waals surface area contributed by atoms with Gasteiger partial charge < -0.3 is 9.47 Å². The Morgan fingerprint density at radius 2 is 1.53 bits per heavy atom. The predicted octanol–water partition coefficient (Wildman–Crippen LogP) is 6.24. The molecule has 0 bridgehead atoms. The highest BCUT2D eigenvalue weighted by molar-refractivity contribution is 14.1. The Hall–Kier alpha value is -3.74. The van der Waals surface area contributed by atoms with Gasteiger partial charge in [0, 0.05) is 23.2 Å². The molecule has 2 heterocycles. The fraction of sp³-hybridized carbons (Fsp3) is 0.194. The van der Waals surface area contributed by atoms with Gasteiger partial charge in [-0.2, -0.15) is 10.2 Å². The molecule has 1 fully saturated rings. The lowest BCUT2D eigenvalue weighted by Crippen LogP contribution is -2.46. The molecule has 6 nitrogen and oxygen atoms in total. The van der Waals surface area contributed by atoms with Gasteiger partial charge >= 0.3 is 0 Å². The van der Waals surface area contributed by atoms with Crippen LogP contribution in [0.3, 0.4) is 0 Å². The minimum absolute atomic E-state index is 0.0924. The minimum Gasteiger partial charge on any atom is -0.481 e. The van der Waals surface area contributed by atoms with Crippen LogP contribution in [-0.2, 0) is 13.2 Å². The lowest BCUT2D eigenvalue weighted by molar-refractivity contribution is 0.156. The highest BCUT2D eigenvalue weighted by Gasteiger charge is 2.27. The highest BCUT2D eigenvalue weighted by Crippen LogP contribution is 2.33. The second-order valence-corrected chi connectivity index (χ2v) is 10.4. The summed E-state index contributed by atoms with van der Waals surface area (Å²) in [5, 5.41) is 9.23. The molecule has 5 rings (SSSR count). The van der Waals surface area contributed by atoms with Crippen molar-refractivity contribution in [2.75, 3.05) is 19.6 Å². The SMILES string of the molecule is N#CC1CN(C/C(=C\c2ncnc(OCc3ccccc3)c2OCc2ccccc2)c2ccc(I)cc2)C1. The molecular weight excluding hydrogens is 587 g/mol. The summed E-state index contributed by atoms with van der Waals surface area (Å²) in [4.78, 5) is 11.3. The van der Waals surface area contributed by atoms with Crippen LogP contribution in [0.2, 0.25) is 0 Å². The third-order valence-corrected chi connectivity index (χ3v) is 7.02. The van der Waals surface area contributed by atoms with E-state index in [0.29, 0.717) is 37.1 Å². The molecule has 0 radical (unpaired) electrons. The number of likely N-dealkylation sites (tertiary alicyclic amines) is 1. The van der Waals surface area contributed by atoms with Crippen molar-refractivity contribution in [2.24, 2.45) is 5.92 Å². The van der Waals surface area contributed by atoms with Gasteiger partial charge in [0.1, 0.15) is 25.2 Å². The Kier molecular flexibility index (Phi) is 8.64. The number of aromatic nitrogens is 2.